The van der Waals surface area contributed by atoms with Crippen molar-refractivity contribution in [1.82, 2.24) is 25.4 Å². The third-order valence-electron chi connectivity index (χ3n) is 5.80. The first kappa shape index (κ1) is 16.9. The van der Waals surface area contributed by atoms with Crippen LogP contribution in [0.4, 0.5) is 0 Å². The lowest BCUT2D eigenvalue weighted by Crippen LogP contribution is -2.48. The third-order valence-corrected chi connectivity index (χ3v) is 6.69. The zero-order valence-electron chi connectivity index (χ0n) is 15.5. The second kappa shape index (κ2) is 6.42. The summed E-state index contributed by atoms with van der Waals surface area (Å²) >= 11 is 1.63. The zero-order chi connectivity index (χ0) is 18.5. The van der Waals surface area contributed by atoms with Crippen molar-refractivity contribution in [3.63, 3.8) is 0 Å². The Morgan fingerprint density at radius 1 is 1.33 bits per heavy atom. The molecule has 2 aliphatic heterocycles. The average molecular weight is 382 g/mol. The highest BCUT2D eigenvalue weighted by Crippen LogP contribution is 2.30. The van der Waals surface area contributed by atoms with Gasteiger partial charge in [0.1, 0.15) is 0 Å². The van der Waals surface area contributed by atoms with Gasteiger partial charge in [-0.3, -0.25) is 9.48 Å². The Morgan fingerprint density at radius 2 is 2.11 bits per heavy atom. The van der Waals surface area contributed by atoms with Gasteiger partial charge >= 0.3 is 0 Å². The maximum Gasteiger partial charge on any atom is 0.252 e. The number of fused-ring (bicyclic) bond motifs is 3. The number of amides is 1. The van der Waals surface area contributed by atoms with Gasteiger partial charge in [0.15, 0.2) is 5.65 Å². The molecule has 3 aromatic rings. The smallest absolute Gasteiger partial charge is 0.252 e. The fraction of sp³-hybridized carbons (Fsp3) is 0.450. The molecule has 2 unspecified atom stereocenters. The van der Waals surface area contributed by atoms with Crippen LogP contribution in [0, 0.1) is 6.92 Å². The molecule has 5 heterocycles. The van der Waals surface area contributed by atoms with Crippen LogP contribution in [0.3, 0.4) is 0 Å². The molecule has 0 saturated carbocycles. The molecule has 2 aliphatic rings. The number of nitrogens with one attached hydrogen (secondary N) is 2. The molecule has 27 heavy (non-hydrogen) atoms. The minimum atomic E-state index is -0.0115. The summed E-state index contributed by atoms with van der Waals surface area (Å²) < 4.78 is 1.77. The Morgan fingerprint density at radius 3 is 2.81 bits per heavy atom. The number of pyridine rings is 1. The van der Waals surface area contributed by atoms with Gasteiger partial charge in [-0.2, -0.15) is 5.10 Å². The molecular formula is C20H23N5OS. The van der Waals surface area contributed by atoms with Crippen molar-refractivity contribution in [2.24, 2.45) is 7.05 Å². The standard InChI is InChI=1S/C20H23N5OS/c1-11-18-15(20(26)22-14-8-12-5-6-13(9-14)21-12)10-16(17-4-3-7-27-17)23-19(18)25(2)24-11/h3-4,7,10,12-14,21H,5-6,8-9H2,1-2H3,(H,22,26). The van der Waals surface area contributed by atoms with Crippen LogP contribution < -0.4 is 10.6 Å². The van der Waals surface area contributed by atoms with E-state index < -0.39 is 0 Å². The highest BCUT2D eigenvalue weighted by Gasteiger charge is 2.34. The van der Waals surface area contributed by atoms with Crippen LogP contribution in [-0.2, 0) is 7.05 Å². The number of nitrogens with zero attached hydrogens (tertiary/aromatic N) is 3. The van der Waals surface area contributed by atoms with Gasteiger partial charge in [0.25, 0.3) is 5.91 Å². The number of aryl methyl sites for hydroxylation is 2. The average Bonchev–Trinajstić information content (AvgIpc) is 3.36. The third kappa shape index (κ3) is 2.95. The molecule has 1 amide bonds. The van der Waals surface area contributed by atoms with Gasteiger partial charge in [0.2, 0.25) is 0 Å². The lowest BCUT2D eigenvalue weighted by molar-refractivity contribution is 0.0925. The van der Waals surface area contributed by atoms with Crippen molar-refractivity contribution in [3.05, 3.63) is 34.8 Å². The van der Waals surface area contributed by atoms with Crippen molar-refractivity contribution in [3.8, 4) is 10.6 Å². The van der Waals surface area contributed by atoms with E-state index in [2.05, 4.69) is 15.7 Å². The maximum absolute atomic E-state index is 13.3. The lowest BCUT2D eigenvalue weighted by atomic mass is 9.99. The molecule has 0 spiro atoms. The number of carbonyl (C=O) groups is 1. The van der Waals surface area contributed by atoms with Crippen molar-refractivity contribution in [2.75, 3.05) is 0 Å². The minimum Gasteiger partial charge on any atom is -0.349 e. The number of hydrogen-bond acceptors (Lipinski definition) is 5. The fourth-order valence-corrected chi connectivity index (χ4v) is 5.30. The molecule has 0 aliphatic carbocycles. The van der Waals surface area contributed by atoms with Gasteiger partial charge in [-0.05, 0) is 50.1 Å². The molecule has 6 nitrogen and oxygen atoms in total. The van der Waals surface area contributed by atoms with Crippen LogP contribution in [0.2, 0.25) is 0 Å². The highest BCUT2D eigenvalue weighted by molar-refractivity contribution is 7.13. The van der Waals surface area contributed by atoms with E-state index in [1.165, 1.54) is 12.8 Å². The van der Waals surface area contributed by atoms with E-state index >= 15 is 0 Å². The summed E-state index contributed by atoms with van der Waals surface area (Å²) in [5, 5.41) is 14.3. The summed E-state index contributed by atoms with van der Waals surface area (Å²) in [5.41, 5.74) is 3.11. The maximum atomic E-state index is 13.3. The molecule has 2 saturated heterocycles. The largest absolute Gasteiger partial charge is 0.349 e. The Hall–Kier alpha value is -2.25. The van der Waals surface area contributed by atoms with Crippen molar-refractivity contribution in [2.45, 2.75) is 50.7 Å². The molecule has 2 fully saturated rings. The summed E-state index contributed by atoms with van der Waals surface area (Å²) in [4.78, 5) is 19.1. The van der Waals surface area contributed by atoms with Crippen molar-refractivity contribution in [1.29, 1.82) is 0 Å². The van der Waals surface area contributed by atoms with Crippen molar-refractivity contribution < 1.29 is 4.79 Å². The molecule has 3 aromatic heterocycles. The van der Waals surface area contributed by atoms with Crippen LogP contribution in [0.5, 0.6) is 0 Å². The van der Waals surface area contributed by atoms with E-state index in [9.17, 15) is 4.79 Å². The second-order valence-electron chi connectivity index (χ2n) is 7.72. The topological polar surface area (TPSA) is 71.8 Å². The first-order chi connectivity index (χ1) is 13.1. The highest BCUT2D eigenvalue weighted by atomic mass is 32.1. The monoisotopic (exact) mass is 381 g/mol. The molecule has 2 N–H and O–H groups in total. The van der Waals surface area contributed by atoms with Gasteiger partial charge in [-0.1, -0.05) is 6.07 Å². The number of thiophene rings is 1. The first-order valence-electron chi connectivity index (χ1n) is 9.53. The molecule has 7 heteroatoms. The Balaban J connectivity index is 1.53. The zero-order valence-corrected chi connectivity index (χ0v) is 16.3. The lowest BCUT2D eigenvalue weighted by Gasteiger charge is -2.29. The van der Waals surface area contributed by atoms with E-state index in [1.807, 2.05) is 37.6 Å². The molecule has 0 radical (unpaired) electrons. The Kier molecular flexibility index (Phi) is 4.02. The second-order valence-corrected chi connectivity index (χ2v) is 8.67. The van der Waals surface area contributed by atoms with Gasteiger partial charge in [0, 0.05) is 25.2 Å². The normalized spacial score (nSPS) is 24.4. The summed E-state index contributed by atoms with van der Waals surface area (Å²) in [6.07, 6.45) is 4.47. The Bertz CT molecular complexity index is 997. The van der Waals surface area contributed by atoms with E-state index in [0.717, 1.165) is 40.1 Å². The molecule has 2 bridgehead atoms. The van der Waals surface area contributed by atoms with Crippen LogP contribution >= 0.6 is 11.3 Å². The van der Waals surface area contributed by atoms with Gasteiger partial charge in [-0.25, -0.2) is 4.98 Å². The number of piperidine rings is 1. The van der Waals surface area contributed by atoms with Crippen LogP contribution in [0.1, 0.15) is 41.7 Å². The number of aromatic nitrogens is 3. The fourth-order valence-electron chi connectivity index (χ4n) is 4.61. The molecule has 140 valence electrons. The Labute approximate surface area is 162 Å². The first-order valence-corrected chi connectivity index (χ1v) is 10.4. The number of hydrogen-bond donors (Lipinski definition) is 2. The summed E-state index contributed by atoms with van der Waals surface area (Å²) in [6, 6.07) is 7.30. The summed E-state index contributed by atoms with van der Waals surface area (Å²) in [6.45, 7) is 1.94. The van der Waals surface area contributed by atoms with E-state index in [-0.39, 0.29) is 11.9 Å². The van der Waals surface area contributed by atoms with Crippen molar-refractivity contribution >= 4 is 28.3 Å². The molecular weight excluding hydrogens is 358 g/mol. The molecule has 2 atom stereocenters. The van der Waals surface area contributed by atoms with E-state index in [1.54, 1.807) is 16.0 Å². The summed E-state index contributed by atoms with van der Waals surface area (Å²) in [7, 11) is 1.88. The van der Waals surface area contributed by atoms with Crippen LogP contribution in [-0.4, -0.2) is 38.8 Å². The number of carbonyl (C=O) groups excluding carboxylic acids is 1. The SMILES string of the molecule is Cc1nn(C)c2nc(-c3cccs3)cc(C(=O)NC3CC4CCC(C3)N4)c12. The van der Waals surface area contributed by atoms with Gasteiger partial charge < -0.3 is 10.6 Å². The van der Waals surface area contributed by atoms with Gasteiger partial charge in [0.05, 0.1) is 27.2 Å². The molecule has 0 aromatic carbocycles. The van der Waals surface area contributed by atoms with E-state index in [0.29, 0.717) is 17.6 Å². The molecule has 5 rings (SSSR count). The van der Waals surface area contributed by atoms with E-state index in [4.69, 9.17) is 4.98 Å². The summed E-state index contributed by atoms with van der Waals surface area (Å²) in [5.74, 6) is -0.0115. The van der Waals surface area contributed by atoms with Crippen LogP contribution in [0.15, 0.2) is 23.6 Å². The number of rotatable bonds is 3. The van der Waals surface area contributed by atoms with Gasteiger partial charge in [-0.15, -0.1) is 11.3 Å². The predicted molar refractivity (Wildman–Crippen MR) is 107 cm³/mol. The predicted octanol–water partition coefficient (Wildman–Crippen LogP) is 3.02. The minimum absolute atomic E-state index is 0.0115. The quantitative estimate of drug-likeness (QED) is 0.732. The van der Waals surface area contributed by atoms with Crippen LogP contribution in [0.25, 0.3) is 21.6 Å².